The molecule has 58 valence electrons. The second-order valence-corrected chi connectivity index (χ2v) is 2.12. The van der Waals surface area contributed by atoms with E-state index in [9.17, 15) is 0 Å². The molecule has 0 aliphatic carbocycles. The van der Waals surface area contributed by atoms with Gasteiger partial charge in [0.1, 0.15) is 0 Å². The maximum absolute atomic E-state index is 8.20. The zero-order chi connectivity index (χ0) is 8.10. The third kappa shape index (κ3) is 1.97. The van der Waals surface area contributed by atoms with E-state index in [1.165, 1.54) is 6.21 Å². The molecule has 0 bridgehead atoms. The van der Waals surface area contributed by atoms with Crippen molar-refractivity contribution in [3.05, 3.63) is 29.8 Å². The van der Waals surface area contributed by atoms with Gasteiger partial charge in [0.25, 0.3) is 0 Å². The molecule has 0 atom stereocenters. The minimum atomic E-state index is 0.881. The molecule has 11 heavy (non-hydrogen) atoms. The van der Waals surface area contributed by atoms with Gasteiger partial charge in [0.2, 0.25) is 0 Å². The number of hydrogen-bond acceptors (Lipinski definition) is 3. The summed E-state index contributed by atoms with van der Waals surface area (Å²) in [4.78, 5) is 0. The van der Waals surface area contributed by atoms with Crippen LogP contribution >= 0.6 is 0 Å². The first-order valence-corrected chi connectivity index (χ1v) is 3.32. The molecule has 0 spiro atoms. The Kier molecular flexibility index (Phi) is 2.49. The zero-order valence-electron chi connectivity index (χ0n) is 6.28. The minimum absolute atomic E-state index is 0.881. The monoisotopic (exact) mass is 150 g/mol. The molecule has 0 unspecified atom stereocenters. The van der Waals surface area contributed by atoms with Crippen LogP contribution in [-0.4, -0.2) is 18.5 Å². The summed E-state index contributed by atoms with van der Waals surface area (Å²) >= 11 is 0. The van der Waals surface area contributed by atoms with E-state index in [1.807, 2.05) is 31.3 Å². The molecule has 2 N–H and O–H groups in total. The van der Waals surface area contributed by atoms with Gasteiger partial charge in [-0.05, 0) is 17.7 Å². The third-order valence-corrected chi connectivity index (χ3v) is 1.41. The predicted molar refractivity (Wildman–Crippen MR) is 45.4 cm³/mol. The van der Waals surface area contributed by atoms with E-state index in [0.717, 1.165) is 11.3 Å². The van der Waals surface area contributed by atoms with Gasteiger partial charge in [-0.25, -0.2) is 0 Å². The first-order valence-electron chi connectivity index (χ1n) is 3.32. The first kappa shape index (κ1) is 7.60. The zero-order valence-corrected chi connectivity index (χ0v) is 6.28. The fourth-order valence-electron chi connectivity index (χ4n) is 0.803. The molecule has 0 amide bonds. The molecule has 0 aliphatic rings. The number of anilines is 1. The largest absolute Gasteiger partial charge is 0.411 e. The lowest BCUT2D eigenvalue weighted by molar-refractivity contribution is 0.322. The summed E-state index contributed by atoms with van der Waals surface area (Å²) in [6.07, 6.45) is 1.39. The van der Waals surface area contributed by atoms with Crippen LogP contribution in [0.5, 0.6) is 0 Å². The van der Waals surface area contributed by atoms with Crippen LogP contribution in [0, 0.1) is 0 Å². The molecule has 3 heteroatoms. The van der Waals surface area contributed by atoms with E-state index in [4.69, 9.17) is 5.21 Å². The number of nitrogens with one attached hydrogen (secondary N) is 1. The van der Waals surface area contributed by atoms with Crippen LogP contribution in [0.2, 0.25) is 0 Å². The molecular weight excluding hydrogens is 140 g/mol. The highest BCUT2D eigenvalue weighted by molar-refractivity contribution is 5.79. The fourth-order valence-corrected chi connectivity index (χ4v) is 0.803. The second kappa shape index (κ2) is 3.61. The van der Waals surface area contributed by atoms with E-state index >= 15 is 0 Å². The number of oxime groups is 1. The molecule has 0 heterocycles. The smallest absolute Gasteiger partial charge is 0.0733 e. The Balaban J connectivity index is 2.82. The Morgan fingerprint density at radius 2 is 2.00 bits per heavy atom. The van der Waals surface area contributed by atoms with Gasteiger partial charge in [0.05, 0.1) is 6.21 Å². The number of benzene rings is 1. The summed E-state index contributed by atoms with van der Waals surface area (Å²) in [6.45, 7) is 0. The van der Waals surface area contributed by atoms with Gasteiger partial charge in [-0.1, -0.05) is 17.3 Å². The average Bonchev–Trinajstić information content (AvgIpc) is 2.07. The van der Waals surface area contributed by atoms with Crippen molar-refractivity contribution >= 4 is 11.9 Å². The van der Waals surface area contributed by atoms with Gasteiger partial charge in [-0.2, -0.15) is 0 Å². The van der Waals surface area contributed by atoms with E-state index in [-0.39, 0.29) is 0 Å². The third-order valence-electron chi connectivity index (χ3n) is 1.41. The highest BCUT2D eigenvalue weighted by Gasteiger charge is 1.87. The summed E-state index contributed by atoms with van der Waals surface area (Å²) in [7, 11) is 1.86. The molecule has 3 nitrogen and oxygen atoms in total. The lowest BCUT2D eigenvalue weighted by Gasteiger charge is -1.97. The molecule has 0 fully saturated rings. The van der Waals surface area contributed by atoms with Crippen LogP contribution in [0.1, 0.15) is 5.56 Å². The van der Waals surface area contributed by atoms with Gasteiger partial charge in [0.15, 0.2) is 0 Å². The maximum atomic E-state index is 8.20. The average molecular weight is 150 g/mol. The van der Waals surface area contributed by atoms with Crippen LogP contribution in [-0.2, 0) is 0 Å². The van der Waals surface area contributed by atoms with E-state index in [2.05, 4.69) is 10.5 Å². The molecule has 0 saturated heterocycles. The minimum Gasteiger partial charge on any atom is -0.411 e. The quantitative estimate of drug-likeness (QED) is 0.381. The predicted octanol–water partition coefficient (Wildman–Crippen LogP) is 1.54. The SMILES string of the molecule is CNc1ccc(/C=N/O)cc1. The Morgan fingerprint density at radius 3 is 2.45 bits per heavy atom. The molecule has 1 rings (SSSR count). The van der Waals surface area contributed by atoms with Gasteiger partial charge in [0, 0.05) is 12.7 Å². The Labute approximate surface area is 65.4 Å². The van der Waals surface area contributed by atoms with Crippen LogP contribution < -0.4 is 5.32 Å². The van der Waals surface area contributed by atoms with Crippen molar-refractivity contribution in [3.63, 3.8) is 0 Å². The van der Waals surface area contributed by atoms with Crippen molar-refractivity contribution in [2.75, 3.05) is 12.4 Å². The Bertz CT molecular complexity index is 241. The van der Waals surface area contributed by atoms with Crippen LogP contribution in [0.25, 0.3) is 0 Å². The lowest BCUT2D eigenvalue weighted by atomic mass is 10.2. The summed E-state index contributed by atoms with van der Waals surface area (Å²) in [5, 5.41) is 14.1. The first-order chi connectivity index (χ1) is 5.36. The van der Waals surface area contributed by atoms with Crippen molar-refractivity contribution in [1.82, 2.24) is 0 Å². The highest BCUT2D eigenvalue weighted by atomic mass is 16.4. The molecule has 0 radical (unpaired) electrons. The normalized spacial score (nSPS) is 10.3. The standard InChI is InChI=1S/C8H10N2O/c1-9-8-4-2-7(3-5-8)6-10-11/h2-6,9,11H,1H3/b10-6+. The van der Waals surface area contributed by atoms with Gasteiger partial charge in [-0.15, -0.1) is 0 Å². The van der Waals surface area contributed by atoms with Gasteiger partial charge < -0.3 is 10.5 Å². The summed E-state index contributed by atoms with van der Waals surface area (Å²) in [5.74, 6) is 0. The Hall–Kier alpha value is -1.51. The molecule has 0 aliphatic heterocycles. The fraction of sp³-hybridized carbons (Fsp3) is 0.125. The lowest BCUT2D eigenvalue weighted by Crippen LogP contribution is -1.87. The van der Waals surface area contributed by atoms with Crippen molar-refractivity contribution in [2.45, 2.75) is 0 Å². The van der Waals surface area contributed by atoms with E-state index in [1.54, 1.807) is 0 Å². The van der Waals surface area contributed by atoms with E-state index in [0.29, 0.717) is 0 Å². The number of hydrogen-bond donors (Lipinski definition) is 2. The van der Waals surface area contributed by atoms with Gasteiger partial charge >= 0.3 is 0 Å². The Morgan fingerprint density at radius 1 is 1.36 bits per heavy atom. The van der Waals surface area contributed by atoms with E-state index < -0.39 is 0 Å². The van der Waals surface area contributed by atoms with Crippen LogP contribution in [0.15, 0.2) is 29.4 Å². The summed E-state index contributed by atoms with van der Waals surface area (Å²) < 4.78 is 0. The molecule has 1 aromatic rings. The van der Waals surface area contributed by atoms with Crippen LogP contribution in [0.4, 0.5) is 5.69 Å². The molecule has 1 aromatic carbocycles. The number of rotatable bonds is 2. The highest BCUT2D eigenvalue weighted by Crippen LogP contribution is 2.06. The summed E-state index contributed by atoms with van der Waals surface area (Å²) in [5.41, 5.74) is 1.92. The van der Waals surface area contributed by atoms with Gasteiger partial charge in [-0.3, -0.25) is 0 Å². The molecule has 0 aromatic heterocycles. The van der Waals surface area contributed by atoms with Crippen molar-refractivity contribution in [3.8, 4) is 0 Å². The maximum Gasteiger partial charge on any atom is 0.0733 e. The van der Waals surface area contributed by atoms with Crippen molar-refractivity contribution in [2.24, 2.45) is 5.16 Å². The second-order valence-electron chi connectivity index (χ2n) is 2.12. The topological polar surface area (TPSA) is 44.6 Å². The number of nitrogens with zero attached hydrogens (tertiary/aromatic N) is 1. The van der Waals surface area contributed by atoms with Crippen molar-refractivity contribution in [1.29, 1.82) is 0 Å². The molecular formula is C8H10N2O. The molecule has 0 saturated carbocycles. The summed E-state index contributed by atoms with van der Waals surface area (Å²) in [6, 6.07) is 7.56. The van der Waals surface area contributed by atoms with Crippen molar-refractivity contribution < 1.29 is 5.21 Å². The van der Waals surface area contributed by atoms with Crippen LogP contribution in [0.3, 0.4) is 0 Å².